The second-order valence-corrected chi connectivity index (χ2v) is 15.9. The van der Waals surface area contributed by atoms with Gasteiger partial charge in [0.15, 0.2) is 0 Å². The third-order valence-corrected chi connectivity index (χ3v) is 13.2. The Morgan fingerprint density at radius 2 is 0.845 bits per heavy atom. The first-order valence-corrected chi connectivity index (χ1v) is 20.0. The zero-order valence-electron chi connectivity index (χ0n) is 31.2. The van der Waals surface area contributed by atoms with Crippen LogP contribution in [0.1, 0.15) is 22.3 Å². The Kier molecular flexibility index (Phi) is 5.70. The van der Waals surface area contributed by atoms with Gasteiger partial charge in [-0.15, -0.1) is 0 Å². The zero-order chi connectivity index (χ0) is 37.7. The lowest BCUT2D eigenvalue weighted by atomic mass is 9.65. The van der Waals surface area contributed by atoms with Crippen molar-refractivity contribution in [2.75, 3.05) is 0 Å². The number of hydrogen-bond donors (Lipinski definition) is 0. The molecule has 58 heavy (non-hydrogen) atoms. The standard InChI is InChI=1S/C55H31NO2/c1-5-22-48-38(12-1)41-17-11-21-45-52(41)56(48)49-23-6-4-20-44(49)55(45)46-30-32(34-15-9-18-42-39-13-2-7-24-50(39)57-53(34)42)26-28-36(46)37-29-27-33(31-47(37)55)35-16-10-19-43-40-14-3-8-25-51(40)58-54(35)43/h1-31H. The van der Waals surface area contributed by atoms with Gasteiger partial charge in [0.25, 0.3) is 0 Å². The highest BCUT2D eigenvalue weighted by atomic mass is 16.3. The van der Waals surface area contributed by atoms with E-state index in [1.807, 2.05) is 12.1 Å². The number of para-hydroxylation sites is 7. The van der Waals surface area contributed by atoms with E-state index >= 15 is 0 Å². The van der Waals surface area contributed by atoms with Crippen LogP contribution in [0.5, 0.6) is 0 Å². The molecule has 0 fully saturated rings. The summed E-state index contributed by atoms with van der Waals surface area (Å²) in [5.41, 5.74) is 18.8. The monoisotopic (exact) mass is 737 g/mol. The molecule has 268 valence electrons. The minimum atomic E-state index is -0.624. The minimum Gasteiger partial charge on any atom is -0.455 e. The maximum absolute atomic E-state index is 6.65. The van der Waals surface area contributed by atoms with Crippen LogP contribution in [0.4, 0.5) is 0 Å². The lowest BCUT2D eigenvalue weighted by Gasteiger charge is -2.39. The fraction of sp³-hybridized carbons (Fsp3) is 0.0182. The quantitative estimate of drug-likeness (QED) is 0.177. The Bertz CT molecular complexity index is 3600. The average molecular weight is 738 g/mol. The molecule has 0 saturated heterocycles. The van der Waals surface area contributed by atoms with Gasteiger partial charge in [0.1, 0.15) is 22.3 Å². The van der Waals surface area contributed by atoms with E-state index in [0.717, 1.165) is 66.1 Å². The minimum absolute atomic E-state index is 0.624. The summed E-state index contributed by atoms with van der Waals surface area (Å²) in [6.07, 6.45) is 0. The van der Waals surface area contributed by atoms with Gasteiger partial charge in [-0.3, -0.25) is 0 Å². The SMILES string of the molecule is c1ccc2c(c1)-n1c3ccccc3c3cccc(c31)C21c2cc(-c3cccc4c3oc3ccccc34)ccc2-c2ccc(-c3cccc4c3oc3ccccc34)cc21. The summed E-state index contributed by atoms with van der Waals surface area (Å²) in [5, 5.41) is 7.07. The van der Waals surface area contributed by atoms with Crippen molar-refractivity contribution in [3.8, 4) is 39.1 Å². The van der Waals surface area contributed by atoms with E-state index in [2.05, 4.69) is 180 Å². The van der Waals surface area contributed by atoms with Crippen molar-refractivity contribution in [1.82, 2.24) is 4.57 Å². The van der Waals surface area contributed by atoms with Crippen molar-refractivity contribution in [3.63, 3.8) is 0 Å². The Labute approximate surface area is 332 Å². The molecule has 0 atom stereocenters. The fourth-order valence-corrected chi connectivity index (χ4v) is 10.9. The van der Waals surface area contributed by atoms with Crippen LogP contribution >= 0.6 is 0 Å². The molecule has 14 rings (SSSR count). The summed E-state index contributed by atoms with van der Waals surface area (Å²) < 4.78 is 15.8. The third kappa shape index (κ3) is 3.65. The molecule has 3 heteroatoms. The molecule has 1 spiro atoms. The molecule has 0 saturated carbocycles. The zero-order valence-corrected chi connectivity index (χ0v) is 31.2. The summed E-state index contributed by atoms with van der Waals surface area (Å²) in [4.78, 5) is 0. The molecule has 0 bridgehead atoms. The average Bonchev–Trinajstić information content (AvgIpc) is 4.03. The fourth-order valence-electron chi connectivity index (χ4n) is 10.9. The first-order valence-electron chi connectivity index (χ1n) is 20.0. The van der Waals surface area contributed by atoms with E-state index in [1.54, 1.807) is 0 Å². The van der Waals surface area contributed by atoms with Gasteiger partial charge in [-0.1, -0.05) is 152 Å². The molecule has 0 amide bonds. The Morgan fingerprint density at radius 1 is 0.345 bits per heavy atom. The summed E-state index contributed by atoms with van der Waals surface area (Å²) in [6.45, 7) is 0. The van der Waals surface area contributed by atoms with Crippen LogP contribution in [0.15, 0.2) is 197 Å². The largest absolute Gasteiger partial charge is 0.455 e. The second-order valence-electron chi connectivity index (χ2n) is 15.9. The van der Waals surface area contributed by atoms with Gasteiger partial charge in [-0.05, 0) is 80.9 Å². The van der Waals surface area contributed by atoms with E-state index in [4.69, 9.17) is 8.83 Å². The predicted octanol–water partition coefficient (Wildman–Crippen LogP) is 14.6. The molecule has 3 nitrogen and oxygen atoms in total. The molecule has 1 aliphatic heterocycles. The van der Waals surface area contributed by atoms with Crippen LogP contribution < -0.4 is 0 Å². The molecule has 0 radical (unpaired) electrons. The van der Waals surface area contributed by atoms with Crippen LogP contribution in [0, 0.1) is 0 Å². The van der Waals surface area contributed by atoms with Crippen LogP contribution in [0.2, 0.25) is 0 Å². The number of nitrogens with zero attached hydrogens (tertiary/aromatic N) is 1. The van der Waals surface area contributed by atoms with Gasteiger partial charge in [0.2, 0.25) is 0 Å². The van der Waals surface area contributed by atoms with E-state index in [-0.39, 0.29) is 0 Å². The molecule has 2 aliphatic rings. The summed E-state index contributed by atoms with van der Waals surface area (Å²) in [6, 6.07) is 68.9. The maximum atomic E-state index is 6.65. The summed E-state index contributed by atoms with van der Waals surface area (Å²) >= 11 is 0. The number of fused-ring (bicyclic) bond motifs is 18. The molecule has 12 aromatic rings. The van der Waals surface area contributed by atoms with Crippen LogP contribution in [0.3, 0.4) is 0 Å². The normalized spacial score (nSPS) is 13.7. The maximum Gasteiger partial charge on any atom is 0.143 e. The number of rotatable bonds is 2. The Hall–Kier alpha value is -7.62. The molecular weight excluding hydrogens is 707 g/mol. The predicted molar refractivity (Wildman–Crippen MR) is 237 cm³/mol. The summed E-state index contributed by atoms with van der Waals surface area (Å²) in [7, 11) is 0. The molecule has 4 heterocycles. The highest BCUT2D eigenvalue weighted by Gasteiger charge is 2.51. The van der Waals surface area contributed by atoms with Crippen LogP contribution in [-0.4, -0.2) is 4.57 Å². The van der Waals surface area contributed by atoms with Gasteiger partial charge in [-0.2, -0.15) is 0 Å². The number of furan rings is 2. The van der Waals surface area contributed by atoms with Gasteiger partial charge in [0.05, 0.1) is 22.1 Å². The Balaban J connectivity index is 1.12. The topological polar surface area (TPSA) is 31.2 Å². The van der Waals surface area contributed by atoms with Crippen molar-refractivity contribution in [2.24, 2.45) is 0 Å². The highest BCUT2D eigenvalue weighted by Crippen LogP contribution is 2.62. The first kappa shape index (κ1) is 30.6. The summed E-state index contributed by atoms with van der Waals surface area (Å²) in [5.74, 6) is 0. The van der Waals surface area contributed by atoms with Crippen molar-refractivity contribution in [1.29, 1.82) is 0 Å². The van der Waals surface area contributed by atoms with Crippen molar-refractivity contribution in [3.05, 3.63) is 210 Å². The van der Waals surface area contributed by atoms with Gasteiger partial charge < -0.3 is 13.4 Å². The van der Waals surface area contributed by atoms with E-state index in [1.165, 1.54) is 60.9 Å². The molecular formula is C55H31NO2. The first-order chi connectivity index (χ1) is 28.8. The smallest absolute Gasteiger partial charge is 0.143 e. The molecule has 0 unspecified atom stereocenters. The molecule has 3 aromatic heterocycles. The van der Waals surface area contributed by atoms with Gasteiger partial charge in [-0.25, -0.2) is 0 Å². The highest BCUT2D eigenvalue weighted by molar-refractivity contribution is 6.14. The van der Waals surface area contributed by atoms with Gasteiger partial charge in [0, 0.05) is 43.4 Å². The number of hydrogen-bond acceptors (Lipinski definition) is 2. The number of aromatic nitrogens is 1. The van der Waals surface area contributed by atoms with Crippen molar-refractivity contribution in [2.45, 2.75) is 5.41 Å². The third-order valence-electron chi connectivity index (χ3n) is 13.2. The van der Waals surface area contributed by atoms with Crippen molar-refractivity contribution >= 4 is 65.7 Å². The molecule has 0 N–H and O–H groups in total. The molecule has 1 aliphatic carbocycles. The lowest BCUT2D eigenvalue weighted by Crippen LogP contribution is -2.33. The van der Waals surface area contributed by atoms with Crippen LogP contribution in [-0.2, 0) is 5.41 Å². The van der Waals surface area contributed by atoms with Crippen molar-refractivity contribution < 1.29 is 8.83 Å². The lowest BCUT2D eigenvalue weighted by molar-refractivity contribution is 0.669. The van der Waals surface area contributed by atoms with Crippen LogP contribution in [0.25, 0.3) is 105 Å². The van der Waals surface area contributed by atoms with E-state index in [0.29, 0.717) is 0 Å². The molecule has 9 aromatic carbocycles. The van der Waals surface area contributed by atoms with Gasteiger partial charge >= 0.3 is 0 Å². The van der Waals surface area contributed by atoms with E-state index in [9.17, 15) is 0 Å². The van der Waals surface area contributed by atoms with E-state index < -0.39 is 5.41 Å². The second kappa shape index (κ2) is 10.8. The number of benzene rings is 9. The Morgan fingerprint density at radius 3 is 1.50 bits per heavy atom.